The lowest BCUT2D eigenvalue weighted by atomic mass is 10.1. The van der Waals surface area contributed by atoms with E-state index in [-0.39, 0.29) is 11.5 Å². The van der Waals surface area contributed by atoms with E-state index in [4.69, 9.17) is 10.7 Å². The van der Waals surface area contributed by atoms with Crippen LogP contribution in [0, 0.1) is 19.8 Å². The summed E-state index contributed by atoms with van der Waals surface area (Å²) in [6.45, 7) is 7.59. The SMILES string of the molecule is Cc1sc2nc(S[C@@H](C(=O)NC(N)=O)C(C)C)n(-c3ccccc3)c(=O)c2c1C. The maximum absolute atomic E-state index is 13.4. The summed E-state index contributed by atoms with van der Waals surface area (Å²) in [5.74, 6) is -0.632. The highest BCUT2D eigenvalue weighted by Crippen LogP contribution is 2.32. The first-order valence-electron chi connectivity index (χ1n) is 9.05. The molecule has 1 aromatic carbocycles. The van der Waals surface area contributed by atoms with Gasteiger partial charge >= 0.3 is 6.03 Å². The molecule has 2 aromatic heterocycles. The molecule has 0 bridgehead atoms. The topological polar surface area (TPSA) is 107 Å². The fourth-order valence-electron chi connectivity index (χ4n) is 2.96. The molecule has 9 heteroatoms. The lowest BCUT2D eigenvalue weighted by molar-refractivity contribution is -0.120. The van der Waals surface area contributed by atoms with Crippen molar-refractivity contribution in [3.05, 3.63) is 51.1 Å². The van der Waals surface area contributed by atoms with Crippen LogP contribution in [0.3, 0.4) is 0 Å². The van der Waals surface area contributed by atoms with Crippen molar-refractivity contribution >= 4 is 45.3 Å². The number of thioether (sulfide) groups is 1. The van der Waals surface area contributed by atoms with Gasteiger partial charge in [0.2, 0.25) is 5.91 Å². The van der Waals surface area contributed by atoms with Crippen molar-refractivity contribution in [3.63, 3.8) is 0 Å². The molecule has 0 aliphatic rings. The Bertz CT molecular complexity index is 1140. The quantitative estimate of drug-likeness (QED) is 0.477. The fraction of sp³-hybridized carbons (Fsp3) is 0.300. The number of urea groups is 1. The minimum atomic E-state index is -0.908. The number of hydrogen-bond acceptors (Lipinski definition) is 6. The summed E-state index contributed by atoms with van der Waals surface area (Å²) in [4.78, 5) is 43.5. The van der Waals surface area contributed by atoms with Gasteiger partial charge in [-0.2, -0.15) is 0 Å². The molecule has 0 unspecified atom stereocenters. The molecule has 3 aromatic rings. The number of hydrogen-bond donors (Lipinski definition) is 2. The number of para-hydroxylation sites is 1. The number of thiophene rings is 1. The van der Waals surface area contributed by atoms with Crippen molar-refractivity contribution in [2.45, 2.75) is 38.1 Å². The van der Waals surface area contributed by atoms with Gasteiger partial charge in [-0.1, -0.05) is 43.8 Å². The standard InChI is InChI=1S/C20H22N4O3S2/c1-10(2)15(16(25)22-19(21)27)29-20-23-17-14(11(3)12(4)28-17)18(26)24(20)13-8-6-5-7-9-13/h5-10,15H,1-4H3,(H3,21,22,25,27)/t15-/m1/s1. The van der Waals surface area contributed by atoms with Gasteiger partial charge in [0.05, 0.1) is 16.3 Å². The molecule has 0 spiro atoms. The number of aryl methyl sites for hydroxylation is 2. The van der Waals surface area contributed by atoms with E-state index in [1.807, 2.05) is 58.0 Å². The molecule has 3 N–H and O–H groups in total. The molecule has 0 saturated heterocycles. The van der Waals surface area contributed by atoms with Crippen LogP contribution in [0.2, 0.25) is 0 Å². The number of imide groups is 1. The van der Waals surface area contributed by atoms with E-state index in [2.05, 4.69) is 5.32 Å². The first-order valence-corrected chi connectivity index (χ1v) is 10.8. The van der Waals surface area contributed by atoms with Crippen LogP contribution in [0.4, 0.5) is 4.79 Å². The van der Waals surface area contributed by atoms with Crippen LogP contribution in [0.15, 0.2) is 40.3 Å². The average molecular weight is 431 g/mol. The molecule has 1 atom stereocenters. The fourth-order valence-corrected chi connectivity index (χ4v) is 5.14. The van der Waals surface area contributed by atoms with E-state index in [1.54, 1.807) is 0 Å². The third-order valence-electron chi connectivity index (χ3n) is 4.53. The van der Waals surface area contributed by atoms with Crippen molar-refractivity contribution in [2.75, 3.05) is 0 Å². The second kappa shape index (κ2) is 8.38. The molecule has 0 fully saturated rings. The number of nitrogens with two attached hydrogens (primary N) is 1. The van der Waals surface area contributed by atoms with E-state index < -0.39 is 17.2 Å². The Morgan fingerprint density at radius 2 is 1.86 bits per heavy atom. The monoisotopic (exact) mass is 430 g/mol. The number of aromatic nitrogens is 2. The van der Waals surface area contributed by atoms with Crippen LogP contribution in [0.25, 0.3) is 15.9 Å². The predicted molar refractivity (Wildman–Crippen MR) is 117 cm³/mol. The number of nitrogens with zero attached hydrogens (tertiary/aromatic N) is 2. The Labute approximate surface area is 176 Å². The van der Waals surface area contributed by atoms with Crippen molar-refractivity contribution in [1.82, 2.24) is 14.9 Å². The smallest absolute Gasteiger partial charge is 0.318 e. The average Bonchev–Trinajstić information content (AvgIpc) is 2.93. The highest BCUT2D eigenvalue weighted by atomic mass is 32.2. The summed E-state index contributed by atoms with van der Waals surface area (Å²) in [6.07, 6.45) is 0. The molecular weight excluding hydrogens is 408 g/mol. The number of fused-ring (bicyclic) bond motifs is 1. The zero-order chi connectivity index (χ0) is 21.3. The number of carbonyl (C=O) groups is 2. The van der Waals surface area contributed by atoms with Gasteiger partial charge in [0, 0.05) is 4.88 Å². The van der Waals surface area contributed by atoms with E-state index >= 15 is 0 Å². The number of carbonyl (C=O) groups excluding carboxylic acids is 2. The van der Waals surface area contributed by atoms with Gasteiger partial charge in [-0.25, -0.2) is 9.78 Å². The molecule has 3 rings (SSSR count). The molecular formula is C20H22N4O3S2. The van der Waals surface area contributed by atoms with Crippen LogP contribution < -0.4 is 16.6 Å². The number of rotatable bonds is 5. The van der Waals surface area contributed by atoms with Crippen LogP contribution in [-0.4, -0.2) is 26.7 Å². The Morgan fingerprint density at radius 1 is 1.21 bits per heavy atom. The molecule has 152 valence electrons. The molecule has 2 heterocycles. The second-order valence-electron chi connectivity index (χ2n) is 6.97. The van der Waals surface area contributed by atoms with Gasteiger partial charge in [-0.15, -0.1) is 11.3 Å². The van der Waals surface area contributed by atoms with Gasteiger partial charge in [0.1, 0.15) is 4.83 Å². The van der Waals surface area contributed by atoms with Crippen molar-refractivity contribution in [2.24, 2.45) is 11.7 Å². The van der Waals surface area contributed by atoms with Crippen molar-refractivity contribution in [1.29, 1.82) is 0 Å². The molecule has 0 radical (unpaired) electrons. The zero-order valence-electron chi connectivity index (χ0n) is 16.6. The largest absolute Gasteiger partial charge is 0.351 e. The van der Waals surface area contributed by atoms with E-state index in [0.29, 0.717) is 21.1 Å². The minimum Gasteiger partial charge on any atom is -0.351 e. The minimum absolute atomic E-state index is 0.122. The maximum Gasteiger partial charge on any atom is 0.318 e. The highest BCUT2D eigenvalue weighted by Gasteiger charge is 2.28. The lowest BCUT2D eigenvalue weighted by Gasteiger charge is -2.20. The molecule has 29 heavy (non-hydrogen) atoms. The Kier molecular flexibility index (Phi) is 6.09. The van der Waals surface area contributed by atoms with E-state index in [9.17, 15) is 14.4 Å². The molecule has 0 aliphatic heterocycles. The van der Waals surface area contributed by atoms with Gasteiger partial charge in [0.25, 0.3) is 5.56 Å². The molecule has 0 aliphatic carbocycles. The number of nitrogens with one attached hydrogen (secondary N) is 1. The predicted octanol–water partition coefficient (Wildman–Crippen LogP) is 3.38. The first-order chi connectivity index (χ1) is 13.7. The van der Waals surface area contributed by atoms with Crippen LogP contribution in [0.1, 0.15) is 24.3 Å². The van der Waals surface area contributed by atoms with E-state index in [0.717, 1.165) is 22.2 Å². The Hall–Kier alpha value is -2.65. The normalized spacial score (nSPS) is 12.3. The number of primary amides is 1. The number of amides is 3. The van der Waals surface area contributed by atoms with E-state index in [1.165, 1.54) is 15.9 Å². The van der Waals surface area contributed by atoms with Crippen LogP contribution >= 0.6 is 23.1 Å². The van der Waals surface area contributed by atoms with Gasteiger partial charge in [-0.05, 0) is 37.5 Å². The Morgan fingerprint density at radius 3 is 2.45 bits per heavy atom. The van der Waals surface area contributed by atoms with Crippen molar-refractivity contribution in [3.8, 4) is 5.69 Å². The van der Waals surface area contributed by atoms with Gasteiger partial charge in [-0.3, -0.25) is 19.5 Å². The van der Waals surface area contributed by atoms with Crippen LogP contribution in [0.5, 0.6) is 0 Å². The molecule has 0 saturated carbocycles. The van der Waals surface area contributed by atoms with Gasteiger partial charge in [0.15, 0.2) is 5.16 Å². The van der Waals surface area contributed by atoms with Crippen molar-refractivity contribution < 1.29 is 9.59 Å². The summed E-state index contributed by atoms with van der Waals surface area (Å²) in [6, 6.07) is 8.28. The Balaban J connectivity index is 2.21. The highest BCUT2D eigenvalue weighted by molar-refractivity contribution is 8.00. The third-order valence-corrected chi connectivity index (χ3v) is 7.13. The summed E-state index contributed by atoms with van der Waals surface area (Å²) in [7, 11) is 0. The summed E-state index contributed by atoms with van der Waals surface area (Å²) >= 11 is 2.60. The van der Waals surface area contributed by atoms with Gasteiger partial charge < -0.3 is 5.73 Å². The molecule has 3 amide bonds. The summed E-state index contributed by atoms with van der Waals surface area (Å²) < 4.78 is 1.53. The zero-order valence-corrected chi connectivity index (χ0v) is 18.2. The second-order valence-corrected chi connectivity index (χ2v) is 9.28. The summed E-state index contributed by atoms with van der Waals surface area (Å²) in [5, 5.41) is 2.47. The van der Waals surface area contributed by atoms with Crippen LogP contribution in [-0.2, 0) is 4.79 Å². The summed E-state index contributed by atoms with van der Waals surface area (Å²) in [5.41, 5.74) is 6.51. The third kappa shape index (κ3) is 4.20. The maximum atomic E-state index is 13.4. The number of benzene rings is 1. The first kappa shape index (κ1) is 21.1. The molecule has 7 nitrogen and oxygen atoms in total. The lowest BCUT2D eigenvalue weighted by Crippen LogP contribution is -2.42.